The molecule has 1 heterocycles. The monoisotopic (exact) mass is 339 g/mol. The van der Waals surface area contributed by atoms with Gasteiger partial charge < -0.3 is 5.32 Å². The van der Waals surface area contributed by atoms with E-state index >= 15 is 0 Å². The highest BCUT2D eigenvalue weighted by atomic mass is 32.2. The van der Waals surface area contributed by atoms with Crippen LogP contribution in [0.5, 0.6) is 0 Å². The van der Waals surface area contributed by atoms with Crippen LogP contribution in [0.1, 0.15) is 71.3 Å². The lowest BCUT2D eigenvalue weighted by molar-refractivity contribution is -0.118. The first kappa shape index (κ1) is 18.2. The molecule has 1 aromatic rings. The van der Waals surface area contributed by atoms with Crippen molar-refractivity contribution in [1.82, 2.24) is 25.5 Å². The van der Waals surface area contributed by atoms with Crippen molar-refractivity contribution in [3.63, 3.8) is 0 Å². The molecule has 6 nitrogen and oxygen atoms in total. The van der Waals surface area contributed by atoms with E-state index in [1.165, 1.54) is 43.9 Å². The number of hydrogen-bond donors (Lipinski definition) is 1. The molecule has 0 saturated heterocycles. The summed E-state index contributed by atoms with van der Waals surface area (Å²) in [6.45, 7) is 5.18. The molecule has 1 atom stereocenters. The lowest BCUT2D eigenvalue weighted by atomic mass is 9.99. The van der Waals surface area contributed by atoms with E-state index in [1.807, 2.05) is 4.68 Å². The van der Waals surface area contributed by atoms with Gasteiger partial charge in [0, 0.05) is 6.54 Å². The number of amides is 1. The minimum Gasteiger partial charge on any atom is -0.355 e. The summed E-state index contributed by atoms with van der Waals surface area (Å²) >= 11 is 1.44. The third-order valence-corrected chi connectivity index (χ3v) is 5.53. The molecule has 0 radical (unpaired) electrons. The van der Waals surface area contributed by atoms with E-state index in [1.54, 1.807) is 0 Å². The van der Waals surface area contributed by atoms with Crippen LogP contribution < -0.4 is 5.32 Å². The standard InChI is InChI=1S/C16H29N5OS/c1-3-5-8-13(4-2)11-17-15(22)12-23-16-18-19-20-21(16)14-9-6-7-10-14/h13-14H,3-12H2,1-2H3,(H,17,22). The van der Waals surface area contributed by atoms with Crippen molar-refractivity contribution in [3.05, 3.63) is 0 Å². The zero-order valence-electron chi connectivity index (χ0n) is 14.3. The molecule has 130 valence electrons. The van der Waals surface area contributed by atoms with E-state index in [0.29, 0.717) is 17.7 Å². The Morgan fingerprint density at radius 3 is 2.87 bits per heavy atom. The first-order valence-electron chi connectivity index (χ1n) is 8.91. The molecule has 7 heteroatoms. The normalized spacial score (nSPS) is 16.6. The van der Waals surface area contributed by atoms with Gasteiger partial charge in [0.25, 0.3) is 0 Å². The van der Waals surface area contributed by atoms with Gasteiger partial charge in [-0.2, -0.15) is 0 Å². The molecule has 0 aromatic carbocycles. The molecule has 1 aliphatic rings. The van der Waals surface area contributed by atoms with Crippen molar-refractivity contribution in [2.24, 2.45) is 5.92 Å². The summed E-state index contributed by atoms with van der Waals surface area (Å²) < 4.78 is 1.90. The molecule has 1 unspecified atom stereocenters. The van der Waals surface area contributed by atoms with Gasteiger partial charge in [0.1, 0.15) is 0 Å². The number of carbonyl (C=O) groups is 1. The summed E-state index contributed by atoms with van der Waals surface area (Å²) in [5, 5.41) is 15.8. The Balaban J connectivity index is 1.73. The molecule has 23 heavy (non-hydrogen) atoms. The molecule has 0 aliphatic heterocycles. The van der Waals surface area contributed by atoms with Gasteiger partial charge in [0.15, 0.2) is 0 Å². The Hall–Kier alpha value is -1.11. The summed E-state index contributed by atoms with van der Waals surface area (Å²) in [7, 11) is 0. The topological polar surface area (TPSA) is 72.7 Å². The van der Waals surface area contributed by atoms with Gasteiger partial charge >= 0.3 is 0 Å². The second-order valence-electron chi connectivity index (χ2n) is 6.35. The second kappa shape index (κ2) is 9.90. The maximum Gasteiger partial charge on any atom is 0.230 e. The molecule has 0 spiro atoms. The highest BCUT2D eigenvalue weighted by Gasteiger charge is 2.22. The van der Waals surface area contributed by atoms with Crippen LogP contribution in [0.2, 0.25) is 0 Å². The first-order chi connectivity index (χ1) is 11.2. The van der Waals surface area contributed by atoms with Crippen molar-refractivity contribution in [2.75, 3.05) is 12.3 Å². The molecular weight excluding hydrogens is 310 g/mol. The van der Waals surface area contributed by atoms with Crippen LogP contribution in [-0.4, -0.2) is 38.4 Å². The molecule has 1 aromatic heterocycles. The van der Waals surface area contributed by atoms with Gasteiger partial charge in [0.05, 0.1) is 11.8 Å². The number of aromatic nitrogens is 4. The van der Waals surface area contributed by atoms with Crippen molar-refractivity contribution < 1.29 is 4.79 Å². The quantitative estimate of drug-likeness (QED) is 0.663. The van der Waals surface area contributed by atoms with Crippen molar-refractivity contribution in [2.45, 2.75) is 76.4 Å². The molecule has 0 bridgehead atoms. The average Bonchev–Trinajstić information content (AvgIpc) is 3.23. The summed E-state index contributed by atoms with van der Waals surface area (Å²) in [6.07, 6.45) is 9.52. The minimum absolute atomic E-state index is 0.0749. The summed E-state index contributed by atoms with van der Waals surface area (Å²) in [6, 6.07) is 0.411. The highest BCUT2D eigenvalue weighted by molar-refractivity contribution is 7.99. The van der Waals surface area contributed by atoms with E-state index in [-0.39, 0.29) is 5.91 Å². The molecule has 1 aliphatic carbocycles. The first-order valence-corrected chi connectivity index (χ1v) is 9.90. The minimum atomic E-state index is 0.0749. The van der Waals surface area contributed by atoms with Crippen molar-refractivity contribution >= 4 is 17.7 Å². The largest absolute Gasteiger partial charge is 0.355 e. The Morgan fingerprint density at radius 1 is 1.39 bits per heavy atom. The number of thioether (sulfide) groups is 1. The smallest absolute Gasteiger partial charge is 0.230 e. The fourth-order valence-corrected chi connectivity index (χ4v) is 3.82. The van der Waals surface area contributed by atoms with Crippen LogP contribution in [-0.2, 0) is 4.79 Å². The Morgan fingerprint density at radius 2 is 2.17 bits per heavy atom. The number of unbranched alkanes of at least 4 members (excludes halogenated alkanes) is 1. The average molecular weight is 340 g/mol. The molecular formula is C16H29N5OS. The number of carbonyl (C=O) groups excluding carboxylic acids is 1. The molecule has 1 saturated carbocycles. The zero-order valence-corrected chi connectivity index (χ0v) is 15.1. The molecule has 1 N–H and O–H groups in total. The van der Waals surface area contributed by atoms with Crippen LogP contribution in [0.4, 0.5) is 0 Å². The Bertz CT molecular complexity index is 473. The second-order valence-corrected chi connectivity index (χ2v) is 7.30. The Labute approximate surface area is 143 Å². The summed E-state index contributed by atoms with van der Waals surface area (Å²) in [5.41, 5.74) is 0. The zero-order chi connectivity index (χ0) is 16.5. The number of nitrogens with one attached hydrogen (secondary N) is 1. The van der Waals surface area contributed by atoms with Gasteiger partial charge in [-0.1, -0.05) is 57.7 Å². The summed E-state index contributed by atoms with van der Waals surface area (Å²) in [4.78, 5) is 12.1. The van der Waals surface area contributed by atoms with E-state index in [0.717, 1.165) is 31.0 Å². The fraction of sp³-hybridized carbons (Fsp3) is 0.875. The predicted octanol–water partition coefficient (Wildman–Crippen LogP) is 3.21. The predicted molar refractivity (Wildman–Crippen MR) is 92.4 cm³/mol. The number of rotatable bonds is 10. The van der Waals surface area contributed by atoms with Crippen molar-refractivity contribution in [1.29, 1.82) is 0 Å². The molecule has 1 fully saturated rings. The third kappa shape index (κ3) is 5.79. The van der Waals surface area contributed by atoms with E-state index in [2.05, 4.69) is 34.7 Å². The van der Waals surface area contributed by atoms with Crippen LogP contribution in [0.25, 0.3) is 0 Å². The van der Waals surface area contributed by atoms with E-state index in [4.69, 9.17) is 0 Å². The fourth-order valence-electron chi connectivity index (χ4n) is 3.04. The van der Waals surface area contributed by atoms with Gasteiger partial charge in [-0.05, 0) is 35.6 Å². The number of tetrazole rings is 1. The van der Waals surface area contributed by atoms with Crippen LogP contribution in [0, 0.1) is 5.92 Å². The van der Waals surface area contributed by atoms with Crippen LogP contribution in [0.3, 0.4) is 0 Å². The summed E-state index contributed by atoms with van der Waals surface area (Å²) in [5.74, 6) is 1.05. The maximum absolute atomic E-state index is 12.1. The highest BCUT2D eigenvalue weighted by Crippen LogP contribution is 2.31. The van der Waals surface area contributed by atoms with Crippen LogP contribution >= 0.6 is 11.8 Å². The van der Waals surface area contributed by atoms with Gasteiger partial charge in [-0.15, -0.1) is 5.10 Å². The maximum atomic E-state index is 12.1. The van der Waals surface area contributed by atoms with E-state index < -0.39 is 0 Å². The van der Waals surface area contributed by atoms with Gasteiger partial charge in [-0.25, -0.2) is 4.68 Å². The number of nitrogens with zero attached hydrogens (tertiary/aromatic N) is 4. The Kier molecular flexibility index (Phi) is 7.85. The van der Waals surface area contributed by atoms with Crippen molar-refractivity contribution in [3.8, 4) is 0 Å². The van der Waals surface area contributed by atoms with E-state index in [9.17, 15) is 4.79 Å². The SMILES string of the molecule is CCCCC(CC)CNC(=O)CSc1nnnn1C1CCCC1. The molecule has 1 amide bonds. The third-order valence-electron chi connectivity index (χ3n) is 4.60. The van der Waals surface area contributed by atoms with Gasteiger partial charge in [0.2, 0.25) is 11.1 Å². The van der Waals surface area contributed by atoms with Crippen LogP contribution in [0.15, 0.2) is 5.16 Å². The lowest BCUT2D eigenvalue weighted by Crippen LogP contribution is -2.30. The van der Waals surface area contributed by atoms with Gasteiger partial charge in [-0.3, -0.25) is 4.79 Å². The molecule has 2 rings (SSSR count). The lowest BCUT2D eigenvalue weighted by Gasteiger charge is -2.15. The number of hydrogen-bond acceptors (Lipinski definition) is 5.